The molecule has 1 heterocycles. The zero-order valence-corrected chi connectivity index (χ0v) is 13.9. The SMILES string of the molecule is C=CC(=O)NCc1ccc(C(=O)N2CCC(NC(C)=O)CC2)cc1. The van der Waals surface area contributed by atoms with Gasteiger partial charge in [0, 0.05) is 38.2 Å². The van der Waals surface area contributed by atoms with Crippen LogP contribution in [0.2, 0.25) is 0 Å². The standard InChI is InChI=1S/C18H23N3O3/c1-3-17(23)19-12-14-4-6-15(7-5-14)18(24)21-10-8-16(9-11-21)20-13(2)22/h3-7,16H,1,8-12H2,2H3,(H,19,23)(H,20,22). The summed E-state index contributed by atoms with van der Waals surface area (Å²) in [7, 11) is 0. The number of hydrogen-bond donors (Lipinski definition) is 2. The van der Waals surface area contributed by atoms with Crippen molar-refractivity contribution in [3.63, 3.8) is 0 Å². The summed E-state index contributed by atoms with van der Waals surface area (Å²) in [6, 6.07) is 7.37. The Morgan fingerprint density at radius 1 is 1.21 bits per heavy atom. The fourth-order valence-electron chi connectivity index (χ4n) is 2.72. The lowest BCUT2D eigenvalue weighted by atomic mass is 10.0. The van der Waals surface area contributed by atoms with E-state index in [0.29, 0.717) is 25.2 Å². The number of piperidine rings is 1. The first-order chi connectivity index (χ1) is 11.5. The van der Waals surface area contributed by atoms with Crippen molar-refractivity contribution in [2.45, 2.75) is 32.4 Å². The zero-order valence-electron chi connectivity index (χ0n) is 13.9. The van der Waals surface area contributed by atoms with E-state index in [1.165, 1.54) is 13.0 Å². The predicted octanol–water partition coefficient (Wildman–Crippen LogP) is 1.23. The Labute approximate surface area is 141 Å². The van der Waals surface area contributed by atoms with Crippen molar-refractivity contribution in [1.82, 2.24) is 15.5 Å². The minimum atomic E-state index is -0.225. The van der Waals surface area contributed by atoms with E-state index in [-0.39, 0.29) is 23.8 Å². The van der Waals surface area contributed by atoms with Crippen LogP contribution in [0, 0.1) is 0 Å². The van der Waals surface area contributed by atoms with Gasteiger partial charge >= 0.3 is 0 Å². The second-order valence-corrected chi connectivity index (χ2v) is 5.89. The van der Waals surface area contributed by atoms with E-state index < -0.39 is 0 Å². The number of rotatable bonds is 5. The first kappa shape index (κ1) is 17.7. The van der Waals surface area contributed by atoms with Crippen LogP contribution in [0.15, 0.2) is 36.9 Å². The molecule has 0 atom stereocenters. The van der Waals surface area contributed by atoms with Crippen molar-refractivity contribution in [3.8, 4) is 0 Å². The predicted molar refractivity (Wildman–Crippen MR) is 91.2 cm³/mol. The van der Waals surface area contributed by atoms with Gasteiger partial charge in [-0.25, -0.2) is 0 Å². The van der Waals surface area contributed by atoms with Crippen LogP contribution >= 0.6 is 0 Å². The zero-order chi connectivity index (χ0) is 17.5. The molecule has 1 aromatic rings. The first-order valence-corrected chi connectivity index (χ1v) is 8.05. The van der Waals surface area contributed by atoms with Crippen LogP contribution in [0.3, 0.4) is 0 Å². The number of benzene rings is 1. The van der Waals surface area contributed by atoms with E-state index in [1.807, 2.05) is 17.0 Å². The molecule has 0 radical (unpaired) electrons. The summed E-state index contributed by atoms with van der Waals surface area (Å²) in [5, 5.41) is 5.59. The Kier molecular flexibility index (Phi) is 6.12. The minimum absolute atomic E-state index is 0.00190. The second-order valence-electron chi connectivity index (χ2n) is 5.89. The second kappa shape index (κ2) is 8.29. The molecule has 0 unspecified atom stereocenters. The Balaban J connectivity index is 1.87. The van der Waals surface area contributed by atoms with Gasteiger partial charge < -0.3 is 15.5 Å². The lowest BCUT2D eigenvalue weighted by molar-refractivity contribution is -0.120. The molecule has 6 nitrogen and oxygen atoms in total. The van der Waals surface area contributed by atoms with Crippen molar-refractivity contribution >= 4 is 17.7 Å². The molecule has 24 heavy (non-hydrogen) atoms. The van der Waals surface area contributed by atoms with Crippen molar-refractivity contribution in [2.24, 2.45) is 0 Å². The summed E-state index contributed by atoms with van der Waals surface area (Å²) in [4.78, 5) is 36.5. The number of carbonyl (C=O) groups is 3. The monoisotopic (exact) mass is 329 g/mol. The summed E-state index contributed by atoms with van der Waals surface area (Å²) >= 11 is 0. The fraction of sp³-hybridized carbons (Fsp3) is 0.389. The average molecular weight is 329 g/mol. The smallest absolute Gasteiger partial charge is 0.253 e. The van der Waals surface area contributed by atoms with Gasteiger partial charge in [-0.2, -0.15) is 0 Å². The maximum absolute atomic E-state index is 12.5. The molecule has 0 aliphatic carbocycles. The number of carbonyl (C=O) groups excluding carboxylic acids is 3. The number of nitrogens with one attached hydrogen (secondary N) is 2. The maximum Gasteiger partial charge on any atom is 0.253 e. The topological polar surface area (TPSA) is 78.5 Å². The molecule has 0 bridgehead atoms. The van der Waals surface area contributed by atoms with E-state index in [0.717, 1.165) is 18.4 Å². The number of nitrogens with zero attached hydrogens (tertiary/aromatic N) is 1. The summed E-state index contributed by atoms with van der Waals surface area (Å²) in [6.07, 6.45) is 2.77. The maximum atomic E-state index is 12.5. The van der Waals surface area contributed by atoms with Crippen molar-refractivity contribution in [1.29, 1.82) is 0 Å². The summed E-state index contributed by atoms with van der Waals surface area (Å²) < 4.78 is 0. The molecule has 6 heteroatoms. The third-order valence-electron chi connectivity index (χ3n) is 4.04. The van der Waals surface area contributed by atoms with Gasteiger partial charge in [0.15, 0.2) is 0 Å². The molecule has 1 aromatic carbocycles. The van der Waals surface area contributed by atoms with Gasteiger partial charge in [0.05, 0.1) is 0 Å². The van der Waals surface area contributed by atoms with E-state index >= 15 is 0 Å². The summed E-state index contributed by atoms with van der Waals surface area (Å²) in [5.41, 5.74) is 1.55. The molecule has 1 aliphatic rings. The molecule has 1 aliphatic heterocycles. The molecule has 0 aromatic heterocycles. The van der Waals surface area contributed by atoms with E-state index in [1.54, 1.807) is 12.1 Å². The summed E-state index contributed by atoms with van der Waals surface area (Å²) in [5.74, 6) is -0.256. The lowest BCUT2D eigenvalue weighted by Crippen LogP contribution is -2.46. The van der Waals surface area contributed by atoms with Crippen LogP contribution in [0.4, 0.5) is 0 Å². The van der Waals surface area contributed by atoms with Crippen molar-refractivity contribution in [3.05, 3.63) is 48.0 Å². The molecule has 2 rings (SSSR count). The highest BCUT2D eigenvalue weighted by Crippen LogP contribution is 2.14. The lowest BCUT2D eigenvalue weighted by Gasteiger charge is -2.32. The highest BCUT2D eigenvalue weighted by atomic mass is 16.2. The first-order valence-electron chi connectivity index (χ1n) is 8.05. The molecule has 0 saturated carbocycles. The van der Waals surface area contributed by atoms with Crippen LogP contribution in [-0.2, 0) is 16.1 Å². The van der Waals surface area contributed by atoms with Crippen LogP contribution in [0.5, 0.6) is 0 Å². The Morgan fingerprint density at radius 3 is 2.38 bits per heavy atom. The number of likely N-dealkylation sites (tertiary alicyclic amines) is 1. The van der Waals surface area contributed by atoms with Gasteiger partial charge in [-0.15, -0.1) is 0 Å². The highest BCUT2D eigenvalue weighted by Gasteiger charge is 2.23. The normalized spacial score (nSPS) is 14.8. The van der Waals surface area contributed by atoms with Crippen LogP contribution in [-0.4, -0.2) is 41.8 Å². The van der Waals surface area contributed by atoms with Gasteiger partial charge in [0.2, 0.25) is 11.8 Å². The molecule has 1 fully saturated rings. The van der Waals surface area contributed by atoms with Crippen LogP contribution in [0.1, 0.15) is 35.7 Å². The van der Waals surface area contributed by atoms with Crippen LogP contribution < -0.4 is 10.6 Å². The van der Waals surface area contributed by atoms with Crippen LogP contribution in [0.25, 0.3) is 0 Å². The molecule has 2 N–H and O–H groups in total. The van der Waals surface area contributed by atoms with Gasteiger partial charge in [-0.3, -0.25) is 14.4 Å². The molecule has 0 spiro atoms. The largest absolute Gasteiger partial charge is 0.353 e. The fourth-order valence-corrected chi connectivity index (χ4v) is 2.72. The minimum Gasteiger partial charge on any atom is -0.353 e. The Hall–Kier alpha value is -2.63. The van der Waals surface area contributed by atoms with E-state index in [9.17, 15) is 14.4 Å². The molecule has 1 saturated heterocycles. The third kappa shape index (κ3) is 4.94. The van der Waals surface area contributed by atoms with Crippen molar-refractivity contribution in [2.75, 3.05) is 13.1 Å². The highest BCUT2D eigenvalue weighted by molar-refractivity contribution is 5.94. The molecule has 128 valence electrons. The van der Waals surface area contributed by atoms with Gasteiger partial charge in [-0.05, 0) is 36.6 Å². The Bertz CT molecular complexity index is 617. The quantitative estimate of drug-likeness (QED) is 0.798. The van der Waals surface area contributed by atoms with Gasteiger partial charge in [0.25, 0.3) is 5.91 Å². The van der Waals surface area contributed by atoms with Gasteiger partial charge in [0.1, 0.15) is 0 Å². The van der Waals surface area contributed by atoms with E-state index in [2.05, 4.69) is 17.2 Å². The average Bonchev–Trinajstić information content (AvgIpc) is 2.59. The molecular formula is C18H23N3O3. The summed E-state index contributed by atoms with van der Waals surface area (Å²) in [6.45, 7) is 6.59. The molecule has 3 amide bonds. The van der Waals surface area contributed by atoms with Gasteiger partial charge in [-0.1, -0.05) is 18.7 Å². The Morgan fingerprint density at radius 2 is 1.83 bits per heavy atom. The number of amides is 3. The third-order valence-corrected chi connectivity index (χ3v) is 4.04. The number of hydrogen-bond acceptors (Lipinski definition) is 3. The molecular weight excluding hydrogens is 306 g/mol. The van der Waals surface area contributed by atoms with E-state index in [4.69, 9.17) is 0 Å². The van der Waals surface area contributed by atoms with Crippen molar-refractivity contribution < 1.29 is 14.4 Å².